The lowest BCUT2D eigenvalue weighted by molar-refractivity contribution is 0.340. The highest BCUT2D eigenvalue weighted by atomic mass is 32.1. The van der Waals surface area contributed by atoms with Crippen LogP contribution in [-0.2, 0) is 0 Å². The molecule has 1 aromatic carbocycles. The van der Waals surface area contributed by atoms with Gasteiger partial charge in [0.05, 0.1) is 28.6 Å². The zero-order valence-corrected chi connectivity index (χ0v) is 14.7. The molecule has 1 aliphatic heterocycles. The van der Waals surface area contributed by atoms with Crippen LogP contribution in [0.5, 0.6) is 5.75 Å². The number of rotatable bonds is 5. The van der Waals surface area contributed by atoms with Crippen LogP contribution in [0.15, 0.2) is 76.8 Å². The predicted molar refractivity (Wildman–Crippen MR) is 105 cm³/mol. The first-order chi connectivity index (χ1) is 12.3. The number of hydrogen-bond donors (Lipinski definition) is 1. The van der Waals surface area contributed by atoms with E-state index in [0.29, 0.717) is 6.61 Å². The molecule has 0 radical (unpaired) electrons. The average Bonchev–Trinajstić information content (AvgIpc) is 3.38. The van der Waals surface area contributed by atoms with E-state index >= 15 is 0 Å². The molecule has 4 rings (SSSR count). The molecular formula is C21H18N2OS. The molecule has 0 bridgehead atoms. The molecule has 0 amide bonds. The highest BCUT2D eigenvalue weighted by molar-refractivity contribution is 7.13. The number of nitrogens with one attached hydrogen (secondary N) is 1. The second kappa shape index (κ2) is 6.95. The van der Waals surface area contributed by atoms with Crippen molar-refractivity contribution in [3.63, 3.8) is 0 Å². The molecule has 1 aliphatic rings. The van der Waals surface area contributed by atoms with E-state index in [2.05, 4.69) is 40.7 Å². The number of aromatic nitrogens is 1. The van der Waals surface area contributed by atoms with Crippen LogP contribution in [0.2, 0.25) is 0 Å². The van der Waals surface area contributed by atoms with Gasteiger partial charge in [0.2, 0.25) is 0 Å². The summed E-state index contributed by atoms with van der Waals surface area (Å²) in [7, 11) is 0. The second-order valence-electron chi connectivity index (χ2n) is 5.66. The minimum atomic E-state index is 0.677. The Kier molecular flexibility index (Phi) is 4.36. The number of hydrogen-bond acceptors (Lipinski definition) is 3. The largest absolute Gasteiger partial charge is 0.494 e. The van der Waals surface area contributed by atoms with Gasteiger partial charge in [-0.2, -0.15) is 0 Å². The third-order valence-electron chi connectivity index (χ3n) is 3.92. The van der Waals surface area contributed by atoms with Crippen molar-refractivity contribution in [2.24, 2.45) is 4.99 Å². The van der Waals surface area contributed by atoms with Gasteiger partial charge in [0, 0.05) is 11.3 Å². The molecule has 25 heavy (non-hydrogen) atoms. The number of ether oxygens (including phenoxy) is 1. The molecule has 3 heterocycles. The molecule has 1 N–H and O–H groups in total. The van der Waals surface area contributed by atoms with Gasteiger partial charge in [-0.15, -0.1) is 11.3 Å². The zero-order chi connectivity index (χ0) is 17.1. The molecule has 3 nitrogen and oxygen atoms in total. The fourth-order valence-corrected chi connectivity index (χ4v) is 3.45. The van der Waals surface area contributed by atoms with E-state index in [1.807, 2.05) is 43.3 Å². The first-order valence-electron chi connectivity index (χ1n) is 8.26. The Morgan fingerprint density at radius 3 is 2.72 bits per heavy atom. The van der Waals surface area contributed by atoms with Crippen LogP contribution in [-0.4, -0.2) is 17.3 Å². The molecule has 2 aromatic heterocycles. The summed E-state index contributed by atoms with van der Waals surface area (Å²) in [5, 5.41) is 2.08. The Balaban J connectivity index is 1.53. The maximum Gasteiger partial charge on any atom is 0.119 e. The Morgan fingerprint density at radius 2 is 1.96 bits per heavy atom. The molecule has 4 heteroatoms. The number of aromatic amines is 1. The van der Waals surface area contributed by atoms with Crippen molar-refractivity contribution >= 4 is 23.1 Å². The van der Waals surface area contributed by atoms with Gasteiger partial charge >= 0.3 is 0 Å². The summed E-state index contributed by atoms with van der Waals surface area (Å²) >= 11 is 1.73. The van der Waals surface area contributed by atoms with Gasteiger partial charge in [0.15, 0.2) is 0 Å². The van der Waals surface area contributed by atoms with Crippen LogP contribution in [0.25, 0.3) is 16.6 Å². The van der Waals surface area contributed by atoms with E-state index in [-0.39, 0.29) is 0 Å². The fraction of sp³-hybridized carbons (Fsp3) is 0.0952. The lowest BCUT2D eigenvalue weighted by atomic mass is 10.1. The van der Waals surface area contributed by atoms with Crippen molar-refractivity contribution in [3.05, 3.63) is 83.0 Å². The number of allylic oxidation sites excluding steroid dienone is 2. The van der Waals surface area contributed by atoms with Crippen molar-refractivity contribution < 1.29 is 4.74 Å². The van der Waals surface area contributed by atoms with Gasteiger partial charge in [-0.05, 0) is 73.0 Å². The summed E-state index contributed by atoms with van der Waals surface area (Å²) in [5.74, 6) is 0.886. The van der Waals surface area contributed by atoms with Crippen LogP contribution in [0.1, 0.15) is 18.2 Å². The molecule has 0 unspecified atom stereocenters. The average molecular weight is 346 g/mol. The van der Waals surface area contributed by atoms with Crippen LogP contribution in [0.4, 0.5) is 0 Å². The van der Waals surface area contributed by atoms with E-state index in [1.165, 1.54) is 4.88 Å². The quantitative estimate of drug-likeness (QED) is 0.647. The van der Waals surface area contributed by atoms with E-state index in [0.717, 1.165) is 34.1 Å². The predicted octanol–water partition coefficient (Wildman–Crippen LogP) is 5.54. The Hall–Kier alpha value is -2.85. The topological polar surface area (TPSA) is 37.4 Å². The summed E-state index contributed by atoms with van der Waals surface area (Å²) in [4.78, 5) is 9.38. The van der Waals surface area contributed by atoms with Gasteiger partial charge in [-0.25, -0.2) is 4.99 Å². The first-order valence-corrected chi connectivity index (χ1v) is 9.14. The number of thiophene rings is 1. The van der Waals surface area contributed by atoms with Gasteiger partial charge in [-0.3, -0.25) is 0 Å². The van der Waals surface area contributed by atoms with Gasteiger partial charge in [0.1, 0.15) is 5.75 Å². The first kappa shape index (κ1) is 15.7. The molecule has 0 spiro atoms. The van der Waals surface area contributed by atoms with Crippen LogP contribution in [0, 0.1) is 0 Å². The normalized spacial score (nSPS) is 14.9. The molecule has 3 aromatic rings. The maximum atomic E-state index is 5.48. The Labute approximate surface area is 151 Å². The standard InChI is InChI=1S/C21H18N2OS/c1-2-24-18-9-5-15(6-10-18)19-11-7-16(22-19)14-17-8-12-20(23-17)21-4-3-13-25-21/h3-14,23H,2H2,1H3/b16-14-. The third kappa shape index (κ3) is 3.49. The summed E-state index contributed by atoms with van der Waals surface area (Å²) in [6, 6.07) is 16.4. The van der Waals surface area contributed by atoms with Crippen molar-refractivity contribution in [2.75, 3.05) is 6.61 Å². The Morgan fingerprint density at radius 1 is 1.08 bits per heavy atom. The van der Waals surface area contributed by atoms with Crippen molar-refractivity contribution in [3.8, 4) is 16.3 Å². The van der Waals surface area contributed by atoms with Crippen LogP contribution in [0.3, 0.4) is 0 Å². The lowest BCUT2D eigenvalue weighted by Gasteiger charge is -2.03. The highest BCUT2D eigenvalue weighted by Gasteiger charge is 2.08. The van der Waals surface area contributed by atoms with Crippen molar-refractivity contribution in [1.29, 1.82) is 0 Å². The van der Waals surface area contributed by atoms with Gasteiger partial charge < -0.3 is 9.72 Å². The molecule has 0 saturated carbocycles. The molecule has 0 atom stereocenters. The minimum Gasteiger partial charge on any atom is -0.494 e. The zero-order valence-electron chi connectivity index (χ0n) is 13.9. The summed E-state index contributed by atoms with van der Waals surface area (Å²) in [6.07, 6.45) is 6.15. The summed E-state index contributed by atoms with van der Waals surface area (Å²) < 4.78 is 5.48. The molecule has 0 aliphatic carbocycles. The lowest BCUT2D eigenvalue weighted by Crippen LogP contribution is -1.95. The minimum absolute atomic E-state index is 0.677. The van der Waals surface area contributed by atoms with Crippen molar-refractivity contribution in [2.45, 2.75) is 6.92 Å². The molecule has 124 valence electrons. The molecule has 0 saturated heterocycles. The van der Waals surface area contributed by atoms with Crippen molar-refractivity contribution in [1.82, 2.24) is 4.98 Å². The van der Waals surface area contributed by atoms with E-state index < -0.39 is 0 Å². The summed E-state index contributed by atoms with van der Waals surface area (Å²) in [6.45, 7) is 2.66. The van der Waals surface area contributed by atoms with Crippen LogP contribution >= 0.6 is 11.3 Å². The number of benzene rings is 1. The third-order valence-corrected chi connectivity index (χ3v) is 4.82. The highest BCUT2D eigenvalue weighted by Crippen LogP contribution is 2.25. The monoisotopic (exact) mass is 346 g/mol. The second-order valence-corrected chi connectivity index (χ2v) is 6.61. The fourth-order valence-electron chi connectivity index (χ4n) is 2.74. The maximum absolute atomic E-state index is 5.48. The Bertz CT molecular complexity index is 944. The molecule has 0 fully saturated rings. The number of H-pyrrole nitrogens is 1. The summed E-state index contributed by atoms with van der Waals surface area (Å²) in [5.41, 5.74) is 5.20. The number of aliphatic imine (C=N–C) groups is 1. The smallest absolute Gasteiger partial charge is 0.119 e. The van der Waals surface area contributed by atoms with E-state index in [9.17, 15) is 0 Å². The van der Waals surface area contributed by atoms with Gasteiger partial charge in [0.25, 0.3) is 0 Å². The van der Waals surface area contributed by atoms with E-state index in [1.54, 1.807) is 11.3 Å². The molecular weight excluding hydrogens is 328 g/mol. The van der Waals surface area contributed by atoms with Crippen LogP contribution < -0.4 is 4.74 Å². The van der Waals surface area contributed by atoms with E-state index in [4.69, 9.17) is 9.73 Å². The van der Waals surface area contributed by atoms with Gasteiger partial charge in [-0.1, -0.05) is 6.07 Å². The SMILES string of the molecule is CCOc1ccc(C2=N/C(=C\c3ccc(-c4cccs4)[nH]3)C=C2)cc1. The number of nitrogens with zero attached hydrogens (tertiary/aromatic N) is 1.